The molecule has 1 aliphatic heterocycles. The standard InChI is InChI=1S/C33H40Cl4N4O4/c1-4-38-27-19-23(34)25(36)21-29(27)40(16-9-6-8-15-33(42)43)31(38)13-12-14-32-39(5-2)28-20-24(35)26(37)22-30(28)41(32)17-10-7-11-18-45-44-3/h12-14,19-22H,4-11,15-18H2,1-3H3/p+1. The minimum Gasteiger partial charge on any atom is -0.481 e. The monoisotopic (exact) mass is 697 g/mol. The fourth-order valence-electron chi connectivity index (χ4n) is 5.83. The van der Waals surface area contributed by atoms with Crippen molar-refractivity contribution < 1.29 is 24.2 Å². The highest BCUT2D eigenvalue weighted by atomic mass is 35.5. The second-order valence-corrected chi connectivity index (χ2v) is 12.4. The smallest absolute Gasteiger partial charge is 0.303 e. The molecule has 3 aromatic rings. The minimum absolute atomic E-state index is 0.174. The molecule has 244 valence electrons. The van der Waals surface area contributed by atoms with Crippen LogP contribution in [0.2, 0.25) is 20.1 Å². The van der Waals surface area contributed by atoms with Crippen molar-refractivity contribution >= 4 is 80.9 Å². The number of fused-ring (bicyclic) bond motifs is 2. The predicted octanol–water partition coefficient (Wildman–Crippen LogP) is 9.16. The van der Waals surface area contributed by atoms with E-state index in [1.54, 1.807) is 0 Å². The molecular weight excluding hydrogens is 658 g/mol. The van der Waals surface area contributed by atoms with Gasteiger partial charge in [0.15, 0.2) is 11.0 Å². The van der Waals surface area contributed by atoms with E-state index in [2.05, 4.69) is 51.0 Å². The van der Waals surface area contributed by atoms with Gasteiger partial charge in [0.1, 0.15) is 5.82 Å². The van der Waals surface area contributed by atoms with Crippen LogP contribution in [0, 0.1) is 0 Å². The first-order valence-corrected chi connectivity index (χ1v) is 16.9. The Morgan fingerprint density at radius 3 is 2.20 bits per heavy atom. The number of aromatic nitrogens is 2. The van der Waals surface area contributed by atoms with E-state index in [4.69, 9.17) is 61.3 Å². The lowest BCUT2D eigenvalue weighted by molar-refractivity contribution is -0.674. The van der Waals surface area contributed by atoms with Crippen LogP contribution in [0.3, 0.4) is 0 Å². The van der Waals surface area contributed by atoms with Crippen LogP contribution in [0.4, 0.5) is 11.4 Å². The van der Waals surface area contributed by atoms with Crippen LogP contribution < -0.4 is 14.4 Å². The van der Waals surface area contributed by atoms with Crippen LogP contribution in [0.15, 0.2) is 42.2 Å². The lowest BCUT2D eigenvalue weighted by atomic mass is 10.2. The Morgan fingerprint density at radius 1 is 0.867 bits per heavy atom. The van der Waals surface area contributed by atoms with E-state index < -0.39 is 5.97 Å². The van der Waals surface area contributed by atoms with Crippen molar-refractivity contribution in [1.29, 1.82) is 0 Å². The van der Waals surface area contributed by atoms with Crippen LogP contribution in [-0.2, 0) is 27.7 Å². The van der Waals surface area contributed by atoms with Gasteiger partial charge in [0.2, 0.25) is 0 Å². The molecular formula is C33H41Cl4N4O4+. The Morgan fingerprint density at radius 2 is 1.53 bits per heavy atom. The van der Waals surface area contributed by atoms with Gasteiger partial charge in [-0.25, -0.2) is 18.9 Å². The van der Waals surface area contributed by atoms with Gasteiger partial charge in [0.05, 0.1) is 58.3 Å². The van der Waals surface area contributed by atoms with Crippen molar-refractivity contribution in [2.24, 2.45) is 0 Å². The Labute approximate surface area is 285 Å². The van der Waals surface area contributed by atoms with Crippen LogP contribution in [-0.4, -0.2) is 42.4 Å². The van der Waals surface area contributed by atoms with E-state index in [-0.39, 0.29) is 6.42 Å². The third-order valence-electron chi connectivity index (χ3n) is 7.93. The zero-order valence-corrected chi connectivity index (χ0v) is 29.0. The number of nitrogens with zero attached hydrogens (tertiary/aromatic N) is 4. The average molecular weight is 700 g/mol. The Hall–Kier alpha value is -2.46. The van der Waals surface area contributed by atoms with Gasteiger partial charge in [-0.3, -0.25) is 4.79 Å². The van der Waals surface area contributed by atoms with Crippen molar-refractivity contribution in [3.8, 4) is 0 Å². The molecule has 1 aromatic heterocycles. The maximum Gasteiger partial charge on any atom is 0.303 e. The molecule has 1 aliphatic rings. The highest BCUT2D eigenvalue weighted by Crippen LogP contribution is 2.45. The molecule has 12 heteroatoms. The molecule has 45 heavy (non-hydrogen) atoms. The van der Waals surface area contributed by atoms with Gasteiger partial charge in [-0.2, -0.15) is 0 Å². The molecule has 0 saturated carbocycles. The molecule has 4 rings (SSSR count). The lowest BCUT2D eigenvalue weighted by Crippen LogP contribution is -2.36. The van der Waals surface area contributed by atoms with Crippen LogP contribution in [0.1, 0.15) is 64.6 Å². The first-order valence-electron chi connectivity index (χ1n) is 15.4. The van der Waals surface area contributed by atoms with Crippen molar-refractivity contribution in [3.63, 3.8) is 0 Å². The number of carboxylic acid groups (broad SMARTS) is 1. The first kappa shape index (κ1) is 35.4. The van der Waals surface area contributed by atoms with E-state index in [9.17, 15) is 4.79 Å². The summed E-state index contributed by atoms with van der Waals surface area (Å²) in [6.07, 6.45) is 11.6. The van der Waals surface area contributed by atoms with Crippen LogP contribution >= 0.6 is 46.4 Å². The highest BCUT2D eigenvalue weighted by molar-refractivity contribution is 6.43. The largest absolute Gasteiger partial charge is 0.481 e. The molecule has 2 aromatic carbocycles. The predicted molar refractivity (Wildman–Crippen MR) is 185 cm³/mol. The second kappa shape index (κ2) is 16.9. The molecule has 0 atom stereocenters. The maximum atomic E-state index is 11.0. The van der Waals surface area contributed by atoms with Gasteiger partial charge in [-0.05, 0) is 64.2 Å². The number of rotatable bonds is 17. The van der Waals surface area contributed by atoms with Crippen molar-refractivity contribution in [2.45, 2.75) is 71.9 Å². The molecule has 2 heterocycles. The summed E-state index contributed by atoms with van der Waals surface area (Å²) >= 11 is 25.9. The average Bonchev–Trinajstić information content (AvgIpc) is 3.44. The van der Waals surface area contributed by atoms with E-state index in [1.165, 1.54) is 7.11 Å². The topological polar surface area (TPSA) is 71.0 Å². The SMILES string of the molecule is CCN1C(=CC=Cc2n(CC)c3cc(Cl)c(Cl)cc3[n+]2CCCCCOOC)N(CCCCCC(=O)O)c2cc(Cl)c(Cl)cc21. The Balaban J connectivity index is 1.69. The molecule has 0 fully saturated rings. The number of benzene rings is 2. The number of unbranched alkanes of at least 4 members (excludes halogenated alkanes) is 4. The molecule has 0 amide bonds. The number of carbonyl (C=O) groups is 1. The second-order valence-electron chi connectivity index (χ2n) is 10.8. The molecule has 0 saturated heterocycles. The fourth-order valence-corrected chi connectivity index (χ4v) is 6.46. The van der Waals surface area contributed by atoms with E-state index in [1.807, 2.05) is 24.3 Å². The third kappa shape index (κ3) is 8.47. The summed E-state index contributed by atoms with van der Waals surface area (Å²) in [4.78, 5) is 25.2. The number of carboxylic acids is 1. The van der Waals surface area contributed by atoms with Gasteiger partial charge in [-0.15, -0.1) is 0 Å². The normalized spacial score (nSPS) is 14.1. The molecule has 1 N–H and O–H groups in total. The molecule has 0 aliphatic carbocycles. The van der Waals surface area contributed by atoms with Gasteiger partial charge in [-0.1, -0.05) is 58.9 Å². The van der Waals surface area contributed by atoms with Gasteiger partial charge in [0.25, 0.3) is 5.82 Å². The van der Waals surface area contributed by atoms with E-state index in [0.29, 0.717) is 33.1 Å². The molecule has 0 spiro atoms. The molecule has 0 radical (unpaired) electrons. The summed E-state index contributed by atoms with van der Waals surface area (Å²) in [5.74, 6) is 1.29. The zero-order chi connectivity index (χ0) is 32.5. The zero-order valence-electron chi connectivity index (χ0n) is 26.0. The van der Waals surface area contributed by atoms with E-state index >= 15 is 0 Å². The van der Waals surface area contributed by atoms with E-state index in [0.717, 1.165) is 92.3 Å². The lowest BCUT2D eigenvalue weighted by Gasteiger charge is -2.24. The summed E-state index contributed by atoms with van der Waals surface area (Å²) in [7, 11) is 1.52. The highest BCUT2D eigenvalue weighted by Gasteiger charge is 2.31. The number of hydrogen-bond donors (Lipinski definition) is 1. The summed E-state index contributed by atoms with van der Waals surface area (Å²) in [6.45, 7) is 7.80. The summed E-state index contributed by atoms with van der Waals surface area (Å²) in [5, 5.41) is 11.1. The van der Waals surface area contributed by atoms with Gasteiger partial charge < -0.3 is 14.9 Å². The summed E-state index contributed by atoms with van der Waals surface area (Å²) < 4.78 is 4.55. The Kier molecular flexibility index (Phi) is 13.3. The summed E-state index contributed by atoms with van der Waals surface area (Å²) in [5.41, 5.74) is 4.04. The van der Waals surface area contributed by atoms with Gasteiger partial charge in [0, 0.05) is 37.7 Å². The van der Waals surface area contributed by atoms with Gasteiger partial charge >= 0.3 is 5.97 Å². The first-order chi connectivity index (χ1) is 21.7. The van der Waals surface area contributed by atoms with Crippen molar-refractivity contribution in [2.75, 3.05) is 36.6 Å². The molecule has 0 unspecified atom stereocenters. The molecule has 0 bridgehead atoms. The summed E-state index contributed by atoms with van der Waals surface area (Å²) in [6, 6.07) is 7.71. The van der Waals surface area contributed by atoms with Crippen molar-refractivity contribution in [1.82, 2.24) is 4.57 Å². The number of allylic oxidation sites excluding steroid dienone is 2. The van der Waals surface area contributed by atoms with Crippen LogP contribution in [0.5, 0.6) is 0 Å². The number of halogens is 4. The number of imidazole rings is 1. The Bertz CT molecular complexity index is 1560. The fraction of sp³-hybridized carbons (Fsp3) is 0.455. The minimum atomic E-state index is -0.766. The molecule has 8 nitrogen and oxygen atoms in total. The number of aliphatic carboxylic acids is 1. The third-order valence-corrected chi connectivity index (χ3v) is 9.37. The maximum absolute atomic E-state index is 11.0. The quantitative estimate of drug-likeness (QED) is 0.0656. The van der Waals surface area contributed by atoms with Crippen LogP contribution in [0.25, 0.3) is 17.1 Å². The number of hydrogen-bond acceptors (Lipinski definition) is 5. The number of aryl methyl sites for hydroxylation is 2. The van der Waals surface area contributed by atoms with Crippen molar-refractivity contribution in [3.05, 3.63) is 68.2 Å². The number of anilines is 2.